The molecule has 2 aliphatic carbocycles. The molecular formula is C16H31N. The van der Waals surface area contributed by atoms with Gasteiger partial charge in [-0.15, -0.1) is 0 Å². The monoisotopic (exact) mass is 237 g/mol. The van der Waals surface area contributed by atoms with Gasteiger partial charge in [0.25, 0.3) is 0 Å². The van der Waals surface area contributed by atoms with E-state index in [4.69, 9.17) is 0 Å². The van der Waals surface area contributed by atoms with Crippen LogP contribution in [0.25, 0.3) is 0 Å². The Bertz CT molecular complexity index is 210. The molecule has 0 aromatic carbocycles. The first-order valence-corrected chi connectivity index (χ1v) is 7.96. The van der Waals surface area contributed by atoms with Gasteiger partial charge in [0.2, 0.25) is 0 Å². The zero-order valence-electron chi connectivity index (χ0n) is 11.9. The highest BCUT2D eigenvalue weighted by Crippen LogP contribution is 2.47. The van der Waals surface area contributed by atoms with Crippen molar-refractivity contribution >= 4 is 0 Å². The summed E-state index contributed by atoms with van der Waals surface area (Å²) < 4.78 is 0. The van der Waals surface area contributed by atoms with Crippen LogP contribution in [0.3, 0.4) is 0 Å². The largest absolute Gasteiger partial charge is 0.314 e. The highest BCUT2D eigenvalue weighted by atomic mass is 14.9. The van der Waals surface area contributed by atoms with Crippen LogP contribution in [0.15, 0.2) is 0 Å². The molecule has 0 aliphatic heterocycles. The van der Waals surface area contributed by atoms with Gasteiger partial charge in [-0.05, 0) is 37.0 Å². The summed E-state index contributed by atoms with van der Waals surface area (Å²) in [7, 11) is 0. The normalized spacial score (nSPS) is 26.3. The average molecular weight is 237 g/mol. The van der Waals surface area contributed by atoms with E-state index < -0.39 is 0 Å². The van der Waals surface area contributed by atoms with E-state index in [-0.39, 0.29) is 0 Å². The van der Waals surface area contributed by atoms with Gasteiger partial charge in [-0.25, -0.2) is 0 Å². The minimum atomic E-state index is 0.650. The lowest BCUT2D eigenvalue weighted by atomic mass is 9.61. The lowest BCUT2D eigenvalue weighted by Gasteiger charge is -2.46. The van der Waals surface area contributed by atoms with Gasteiger partial charge in [-0.2, -0.15) is 0 Å². The fourth-order valence-electron chi connectivity index (χ4n) is 4.11. The molecule has 0 amide bonds. The van der Waals surface area contributed by atoms with Crippen molar-refractivity contribution in [1.82, 2.24) is 5.32 Å². The minimum absolute atomic E-state index is 0.650. The van der Waals surface area contributed by atoms with E-state index >= 15 is 0 Å². The lowest BCUT2D eigenvalue weighted by Crippen LogP contribution is -2.44. The second-order valence-electron chi connectivity index (χ2n) is 6.79. The van der Waals surface area contributed by atoms with E-state index in [9.17, 15) is 0 Å². The van der Waals surface area contributed by atoms with Crippen molar-refractivity contribution in [2.24, 2.45) is 11.3 Å². The van der Waals surface area contributed by atoms with Crippen LogP contribution < -0.4 is 5.32 Å². The van der Waals surface area contributed by atoms with Crippen LogP contribution in [0.4, 0.5) is 0 Å². The molecule has 0 spiro atoms. The maximum absolute atomic E-state index is 3.75. The molecular weight excluding hydrogens is 206 g/mol. The van der Waals surface area contributed by atoms with Gasteiger partial charge in [0.1, 0.15) is 0 Å². The van der Waals surface area contributed by atoms with Crippen LogP contribution in [0.1, 0.15) is 78.1 Å². The zero-order valence-corrected chi connectivity index (χ0v) is 11.9. The number of hydrogen-bond acceptors (Lipinski definition) is 1. The maximum Gasteiger partial charge on any atom is 0.00128 e. The standard InChI is InChI=1S/C16H31N/c1-14(2)17-13-16(11-7-4-8-12-16)15-9-5-3-6-10-15/h14-15,17H,3-13H2,1-2H3. The third-order valence-corrected chi connectivity index (χ3v) is 5.18. The molecule has 17 heavy (non-hydrogen) atoms. The van der Waals surface area contributed by atoms with Gasteiger partial charge >= 0.3 is 0 Å². The maximum atomic E-state index is 3.75. The first-order valence-electron chi connectivity index (χ1n) is 7.96. The Morgan fingerprint density at radius 2 is 1.53 bits per heavy atom. The SMILES string of the molecule is CC(C)NCC1(C2CCCCC2)CCCCC1. The van der Waals surface area contributed by atoms with Crippen molar-refractivity contribution < 1.29 is 0 Å². The fraction of sp³-hybridized carbons (Fsp3) is 1.00. The molecule has 1 heteroatoms. The molecule has 0 bridgehead atoms. The van der Waals surface area contributed by atoms with Gasteiger partial charge in [0.05, 0.1) is 0 Å². The van der Waals surface area contributed by atoms with Gasteiger partial charge in [-0.1, -0.05) is 52.4 Å². The Labute approximate surface area is 108 Å². The highest BCUT2D eigenvalue weighted by Gasteiger charge is 2.39. The lowest BCUT2D eigenvalue weighted by molar-refractivity contribution is 0.0644. The molecule has 0 radical (unpaired) electrons. The van der Waals surface area contributed by atoms with Gasteiger partial charge in [0, 0.05) is 12.6 Å². The number of hydrogen-bond donors (Lipinski definition) is 1. The zero-order chi connectivity index (χ0) is 12.1. The molecule has 0 atom stereocenters. The van der Waals surface area contributed by atoms with Crippen LogP contribution in [0.5, 0.6) is 0 Å². The van der Waals surface area contributed by atoms with E-state index in [0.29, 0.717) is 11.5 Å². The molecule has 0 heterocycles. The van der Waals surface area contributed by atoms with Crippen molar-refractivity contribution in [1.29, 1.82) is 0 Å². The van der Waals surface area contributed by atoms with Gasteiger partial charge < -0.3 is 5.32 Å². The van der Waals surface area contributed by atoms with Gasteiger partial charge in [-0.3, -0.25) is 0 Å². The summed E-state index contributed by atoms with van der Waals surface area (Å²) in [5.74, 6) is 1.03. The van der Waals surface area contributed by atoms with Gasteiger partial charge in [0.15, 0.2) is 0 Å². The molecule has 0 unspecified atom stereocenters. The fourth-order valence-corrected chi connectivity index (χ4v) is 4.11. The second kappa shape index (κ2) is 6.22. The summed E-state index contributed by atoms with van der Waals surface area (Å²) in [5, 5.41) is 3.75. The summed E-state index contributed by atoms with van der Waals surface area (Å²) in [6.45, 7) is 5.87. The Hall–Kier alpha value is -0.0400. The van der Waals surface area contributed by atoms with Crippen molar-refractivity contribution in [2.45, 2.75) is 84.1 Å². The minimum Gasteiger partial charge on any atom is -0.314 e. The quantitative estimate of drug-likeness (QED) is 0.758. The summed E-state index contributed by atoms with van der Waals surface area (Å²) in [6, 6.07) is 0.650. The van der Waals surface area contributed by atoms with Crippen LogP contribution in [0.2, 0.25) is 0 Å². The smallest absolute Gasteiger partial charge is 0.00128 e. The summed E-state index contributed by atoms with van der Waals surface area (Å²) in [6.07, 6.45) is 14.9. The predicted molar refractivity (Wildman–Crippen MR) is 75.2 cm³/mol. The highest BCUT2D eigenvalue weighted by molar-refractivity contribution is 4.92. The van der Waals surface area contributed by atoms with Crippen LogP contribution in [-0.4, -0.2) is 12.6 Å². The van der Waals surface area contributed by atoms with E-state index in [2.05, 4.69) is 19.2 Å². The number of nitrogens with one attached hydrogen (secondary N) is 1. The summed E-state index contributed by atoms with van der Waals surface area (Å²) in [4.78, 5) is 0. The van der Waals surface area contributed by atoms with Crippen molar-refractivity contribution in [2.75, 3.05) is 6.54 Å². The van der Waals surface area contributed by atoms with Crippen LogP contribution in [0, 0.1) is 11.3 Å². The molecule has 2 aliphatic rings. The average Bonchev–Trinajstić information content (AvgIpc) is 2.39. The second-order valence-corrected chi connectivity index (χ2v) is 6.79. The molecule has 100 valence electrons. The van der Waals surface area contributed by atoms with Crippen LogP contribution >= 0.6 is 0 Å². The Morgan fingerprint density at radius 1 is 0.941 bits per heavy atom. The summed E-state index contributed by atoms with van der Waals surface area (Å²) >= 11 is 0. The molecule has 2 saturated carbocycles. The number of rotatable bonds is 4. The third-order valence-electron chi connectivity index (χ3n) is 5.18. The molecule has 2 fully saturated rings. The van der Waals surface area contributed by atoms with E-state index in [1.165, 1.54) is 70.8 Å². The topological polar surface area (TPSA) is 12.0 Å². The first-order chi connectivity index (χ1) is 8.23. The molecule has 0 aromatic rings. The Kier molecular flexibility index (Phi) is 4.90. The van der Waals surface area contributed by atoms with E-state index in [0.717, 1.165) is 5.92 Å². The molecule has 2 rings (SSSR count). The van der Waals surface area contributed by atoms with Crippen molar-refractivity contribution in [3.63, 3.8) is 0 Å². The molecule has 1 nitrogen and oxygen atoms in total. The van der Waals surface area contributed by atoms with Crippen molar-refractivity contribution in [3.05, 3.63) is 0 Å². The first kappa shape index (κ1) is 13.4. The van der Waals surface area contributed by atoms with E-state index in [1.54, 1.807) is 0 Å². The third kappa shape index (κ3) is 3.47. The predicted octanol–water partition coefficient (Wildman–Crippen LogP) is 4.52. The molecule has 1 N–H and O–H groups in total. The Morgan fingerprint density at radius 3 is 2.12 bits per heavy atom. The molecule has 0 saturated heterocycles. The van der Waals surface area contributed by atoms with Crippen LogP contribution in [-0.2, 0) is 0 Å². The summed E-state index contributed by atoms with van der Waals surface area (Å²) in [5.41, 5.74) is 0.670. The molecule has 0 aromatic heterocycles. The van der Waals surface area contributed by atoms with Crippen molar-refractivity contribution in [3.8, 4) is 0 Å². The Balaban J connectivity index is 1.99. The van der Waals surface area contributed by atoms with E-state index in [1.807, 2.05) is 0 Å².